The fraction of sp³-hybridized carbons (Fsp3) is 0.390. The van der Waals surface area contributed by atoms with Crippen LogP contribution in [0.2, 0.25) is 0 Å². The van der Waals surface area contributed by atoms with Gasteiger partial charge in [-0.2, -0.15) is 0 Å². The summed E-state index contributed by atoms with van der Waals surface area (Å²) in [6.07, 6.45) is 3.29. The van der Waals surface area contributed by atoms with Crippen molar-refractivity contribution in [1.82, 2.24) is 4.90 Å². The smallest absolute Gasteiger partial charge is 0.262 e. The first-order valence-corrected chi connectivity index (χ1v) is 16.7. The molecule has 2 aliphatic carbocycles. The van der Waals surface area contributed by atoms with E-state index < -0.39 is 5.92 Å². The molecule has 1 heterocycles. The van der Waals surface area contributed by atoms with Crippen molar-refractivity contribution in [2.24, 2.45) is 10.8 Å². The Hall–Kier alpha value is -4.45. The zero-order valence-electron chi connectivity index (χ0n) is 28.5. The summed E-state index contributed by atoms with van der Waals surface area (Å²) in [6.45, 7) is 13.3. The molecule has 3 aliphatic rings. The molecule has 6 rings (SSSR count). The number of benzene rings is 3. The number of rotatable bonds is 8. The summed E-state index contributed by atoms with van der Waals surface area (Å²) in [5.74, 6) is 0.148. The highest BCUT2D eigenvalue weighted by molar-refractivity contribution is 6.06. The number of aryl methyl sites for hydroxylation is 2. The van der Waals surface area contributed by atoms with Gasteiger partial charge in [0.05, 0.1) is 0 Å². The standard InChI is InChI=1S/C41H46N2O4/c1-26-12-15-30(20-27(26)2)42-36(46)25-47-31-16-13-29(14-17-31)37-38-32(21-40(3,4)23-34(38)44)43(19-18-28-10-8-7-9-11-28)33-22-41(5,6)24-35(45)39(33)37/h7-17,20,37H,18-19,21-25H2,1-6H3,(H,42,46). The quantitative estimate of drug-likeness (QED) is 0.271. The van der Waals surface area contributed by atoms with Crippen molar-refractivity contribution in [2.45, 2.75) is 79.6 Å². The summed E-state index contributed by atoms with van der Waals surface area (Å²) >= 11 is 0. The van der Waals surface area contributed by atoms with E-state index >= 15 is 0 Å². The molecular weight excluding hydrogens is 584 g/mol. The average Bonchev–Trinajstić information content (AvgIpc) is 3.00. The molecule has 3 aromatic rings. The van der Waals surface area contributed by atoms with Crippen molar-refractivity contribution >= 4 is 23.2 Å². The zero-order valence-corrected chi connectivity index (χ0v) is 28.5. The van der Waals surface area contributed by atoms with Crippen LogP contribution in [0.25, 0.3) is 0 Å². The van der Waals surface area contributed by atoms with Gasteiger partial charge in [0, 0.05) is 53.5 Å². The van der Waals surface area contributed by atoms with Gasteiger partial charge in [-0.15, -0.1) is 0 Å². The fourth-order valence-corrected chi connectivity index (χ4v) is 7.46. The number of nitrogens with one attached hydrogen (secondary N) is 1. The maximum atomic E-state index is 14.1. The minimum absolute atomic E-state index is 0.124. The van der Waals surface area contributed by atoms with E-state index in [0.717, 1.165) is 65.2 Å². The number of hydrogen-bond acceptors (Lipinski definition) is 5. The van der Waals surface area contributed by atoms with Crippen LogP contribution in [0.1, 0.15) is 81.5 Å². The summed E-state index contributed by atoms with van der Waals surface area (Å²) in [4.78, 5) is 43.2. The van der Waals surface area contributed by atoms with E-state index in [-0.39, 0.29) is 34.9 Å². The van der Waals surface area contributed by atoms with Gasteiger partial charge in [0.15, 0.2) is 18.2 Å². The molecule has 1 amide bonds. The summed E-state index contributed by atoms with van der Waals surface area (Å²) in [6, 6.07) is 23.8. The van der Waals surface area contributed by atoms with E-state index in [4.69, 9.17) is 4.74 Å². The number of anilines is 1. The Labute approximate surface area is 278 Å². The summed E-state index contributed by atoms with van der Waals surface area (Å²) in [5.41, 5.74) is 8.48. The van der Waals surface area contributed by atoms with Crippen LogP contribution in [0.4, 0.5) is 5.69 Å². The van der Waals surface area contributed by atoms with Crippen LogP contribution in [0.15, 0.2) is 95.3 Å². The van der Waals surface area contributed by atoms with E-state index in [1.54, 1.807) is 0 Å². The zero-order chi connectivity index (χ0) is 33.5. The number of hydrogen-bond donors (Lipinski definition) is 1. The van der Waals surface area contributed by atoms with E-state index in [0.29, 0.717) is 18.6 Å². The molecule has 0 bridgehead atoms. The van der Waals surface area contributed by atoms with Crippen LogP contribution in [0.3, 0.4) is 0 Å². The van der Waals surface area contributed by atoms with Crippen molar-refractivity contribution in [3.8, 4) is 5.75 Å². The van der Waals surface area contributed by atoms with Crippen LogP contribution in [-0.4, -0.2) is 35.5 Å². The van der Waals surface area contributed by atoms with Gasteiger partial charge in [0.25, 0.3) is 5.91 Å². The van der Waals surface area contributed by atoms with Crippen LogP contribution in [0.5, 0.6) is 5.75 Å². The number of ether oxygens (including phenoxy) is 1. The molecule has 0 radical (unpaired) electrons. The number of nitrogens with zero attached hydrogens (tertiary/aromatic N) is 1. The van der Waals surface area contributed by atoms with E-state index in [1.807, 2.05) is 62.4 Å². The van der Waals surface area contributed by atoms with Crippen molar-refractivity contribution in [1.29, 1.82) is 0 Å². The Bertz CT molecular complexity index is 1730. The Kier molecular flexibility index (Phi) is 8.73. The molecule has 0 atom stereocenters. The number of amides is 1. The van der Waals surface area contributed by atoms with Gasteiger partial charge in [-0.25, -0.2) is 0 Å². The monoisotopic (exact) mass is 630 g/mol. The number of allylic oxidation sites excluding steroid dienone is 4. The highest BCUT2D eigenvalue weighted by Gasteiger charge is 2.48. The lowest BCUT2D eigenvalue weighted by molar-refractivity contribution is -0.120. The molecule has 3 aromatic carbocycles. The second kappa shape index (κ2) is 12.6. The number of carbonyl (C=O) groups excluding carboxylic acids is 3. The predicted molar refractivity (Wildman–Crippen MR) is 186 cm³/mol. The van der Waals surface area contributed by atoms with Crippen molar-refractivity contribution in [2.75, 3.05) is 18.5 Å². The average molecular weight is 631 g/mol. The van der Waals surface area contributed by atoms with Crippen LogP contribution >= 0.6 is 0 Å². The minimum Gasteiger partial charge on any atom is -0.484 e. The third-order valence-corrected chi connectivity index (χ3v) is 9.86. The van der Waals surface area contributed by atoms with Crippen molar-refractivity contribution in [3.05, 3.63) is 118 Å². The van der Waals surface area contributed by atoms with E-state index in [2.05, 4.69) is 62.2 Å². The Balaban J connectivity index is 1.31. The summed E-state index contributed by atoms with van der Waals surface area (Å²) < 4.78 is 5.86. The van der Waals surface area contributed by atoms with Crippen molar-refractivity contribution < 1.29 is 19.1 Å². The molecule has 0 unspecified atom stereocenters. The molecule has 0 saturated carbocycles. The van der Waals surface area contributed by atoms with Gasteiger partial charge in [-0.3, -0.25) is 14.4 Å². The molecule has 1 aliphatic heterocycles. The van der Waals surface area contributed by atoms with Crippen LogP contribution < -0.4 is 10.1 Å². The topological polar surface area (TPSA) is 75.7 Å². The molecule has 244 valence electrons. The Morgan fingerprint density at radius 1 is 0.787 bits per heavy atom. The lowest BCUT2D eigenvalue weighted by atomic mass is 9.63. The highest BCUT2D eigenvalue weighted by Crippen LogP contribution is 2.54. The molecule has 6 heteroatoms. The summed E-state index contributed by atoms with van der Waals surface area (Å²) in [7, 11) is 0. The minimum atomic E-state index is -0.415. The predicted octanol–water partition coefficient (Wildman–Crippen LogP) is 8.25. The first kappa shape index (κ1) is 32.5. The second-order valence-electron chi connectivity index (χ2n) is 15.1. The summed E-state index contributed by atoms with van der Waals surface area (Å²) in [5, 5.41) is 2.90. The molecule has 47 heavy (non-hydrogen) atoms. The fourth-order valence-electron chi connectivity index (χ4n) is 7.46. The third-order valence-electron chi connectivity index (χ3n) is 9.86. The maximum absolute atomic E-state index is 14.1. The first-order valence-electron chi connectivity index (χ1n) is 16.7. The van der Waals surface area contributed by atoms with Gasteiger partial charge in [0.1, 0.15) is 5.75 Å². The van der Waals surface area contributed by atoms with Crippen molar-refractivity contribution in [3.63, 3.8) is 0 Å². The third kappa shape index (κ3) is 6.97. The largest absolute Gasteiger partial charge is 0.484 e. The highest BCUT2D eigenvalue weighted by atomic mass is 16.5. The van der Waals surface area contributed by atoms with Gasteiger partial charge in [-0.05, 0) is 90.5 Å². The van der Waals surface area contributed by atoms with Gasteiger partial charge in [0.2, 0.25) is 0 Å². The number of Topliss-reactive ketones (excluding diaryl/α,β-unsaturated/α-hetero) is 2. The molecule has 0 saturated heterocycles. The molecule has 0 fully saturated rings. The van der Waals surface area contributed by atoms with E-state index in [1.165, 1.54) is 11.1 Å². The number of ketones is 2. The number of carbonyl (C=O) groups is 3. The van der Waals surface area contributed by atoms with Gasteiger partial charge >= 0.3 is 0 Å². The molecule has 1 N–H and O–H groups in total. The Morgan fingerprint density at radius 2 is 1.38 bits per heavy atom. The first-order chi connectivity index (χ1) is 22.3. The molecule has 0 spiro atoms. The van der Waals surface area contributed by atoms with Crippen LogP contribution in [0, 0.1) is 24.7 Å². The molecule has 6 nitrogen and oxygen atoms in total. The van der Waals surface area contributed by atoms with E-state index in [9.17, 15) is 14.4 Å². The molecule has 0 aromatic heterocycles. The molecular formula is C41H46N2O4. The SMILES string of the molecule is Cc1ccc(NC(=O)COc2ccc(C3C4=C(CC(C)(C)CC4=O)N(CCc4ccccc4)C4=C3C(=O)CC(C)(C)C4)cc2)cc1C. The second-order valence-corrected chi connectivity index (χ2v) is 15.1. The maximum Gasteiger partial charge on any atom is 0.262 e. The normalized spacial score (nSPS) is 19.0. The lowest BCUT2D eigenvalue weighted by Crippen LogP contribution is -2.45. The Morgan fingerprint density at radius 3 is 1.96 bits per heavy atom. The lowest BCUT2D eigenvalue weighted by Gasteiger charge is -2.49. The van der Waals surface area contributed by atoms with Gasteiger partial charge in [-0.1, -0.05) is 76.2 Å². The van der Waals surface area contributed by atoms with Gasteiger partial charge < -0.3 is 15.0 Å². The van der Waals surface area contributed by atoms with Crippen LogP contribution in [-0.2, 0) is 20.8 Å².